The van der Waals surface area contributed by atoms with Gasteiger partial charge in [0, 0.05) is 42.1 Å². The summed E-state index contributed by atoms with van der Waals surface area (Å²) in [4.78, 5) is 39.7. The molecule has 6 N–H and O–H groups in total. The Hall–Kier alpha value is -3.24. The van der Waals surface area contributed by atoms with E-state index in [0.717, 1.165) is 25.9 Å². The number of amides is 1. The molecule has 4 aliphatic rings. The van der Waals surface area contributed by atoms with E-state index in [1.54, 1.807) is 0 Å². The first-order chi connectivity index (χ1) is 16.9. The van der Waals surface area contributed by atoms with E-state index >= 15 is 4.39 Å². The zero-order valence-electron chi connectivity index (χ0n) is 19.9. The fourth-order valence-corrected chi connectivity index (χ4v) is 6.51. The fourth-order valence-electron chi connectivity index (χ4n) is 6.51. The standard InChI is InChI=1S/C26H29FN2O7/c1-11-3-2-4-29(9-11)10-13-7-16(30)19-15(21(13)27)6-12-5-14-8-17(31)20(25(28)35)24(34)26(14,36)23(33)18(12)22(19)32/h7,11-12,14,30,32,34,36H,2-6,8-10H2,1H3,(H2,28,35)/t11-,12?,14+,26+/m1/s1. The molecule has 1 saturated carbocycles. The van der Waals surface area contributed by atoms with E-state index in [9.17, 15) is 34.8 Å². The number of carbonyl (C=O) groups excluding carboxylic acids is 3. The van der Waals surface area contributed by atoms with Crippen LogP contribution in [0, 0.1) is 23.6 Å². The van der Waals surface area contributed by atoms with Crippen molar-refractivity contribution in [2.75, 3.05) is 13.1 Å². The van der Waals surface area contributed by atoms with Crippen molar-refractivity contribution in [1.82, 2.24) is 4.90 Å². The van der Waals surface area contributed by atoms with Gasteiger partial charge in [0.25, 0.3) is 5.91 Å². The average Bonchev–Trinajstić information content (AvgIpc) is 2.79. The minimum absolute atomic E-state index is 0.0308. The average molecular weight is 501 g/mol. The smallest absolute Gasteiger partial charge is 0.255 e. The molecule has 2 fully saturated rings. The Labute approximate surface area is 206 Å². The van der Waals surface area contributed by atoms with Gasteiger partial charge in [0.15, 0.2) is 11.4 Å². The number of phenols is 1. The highest BCUT2D eigenvalue weighted by Crippen LogP contribution is 2.52. The summed E-state index contributed by atoms with van der Waals surface area (Å²) in [6.07, 6.45) is 1.61. The minimum atomic E-state index is -2.63. The van der Waals surface area contributed by atoms with E-state index < -0.39 is 70.0 Å². The summed E-state index contributed by atoms with van der Waals surface area (Å²) in [7, 11) is 0. The summed E-state index contributed by atoms with van der Waals surface area (Å²) < 4.78 is 15.7. The number of halogens is 1. The van der Waals surface area contributed by atoms with Gasteiger partial charge in [-0.15, -0.1) is 0 Å². The van der Waals surface area contributed by atoms with Crippen LogP contribution in [0.5, 0.6) is 5.75 Å². The Balaban J connectivity index is 1.58. The van der Waals surface area contributed by atoms with E-state index in [2.05, 4.69) is 11.8 Å². The van der Waals surface area contributed by atoms with E-state index in [1.165, 1.54) is 6.07 Å². The molecule has 3 aliphatic carbocycles. The number of phenolic OH excluding ortho intramolecular Hbond substituents is 1. The second-order valence-electron chi connectivity index (χ2n) is 10.6. The molecule has 1 amide bonds. The number of aromatic hydroxyl groups is 1. The van der Waals surface area contributed by atoms with Crippen LogP contribution in [0.2, 0.25) is 0 Å². The molecule has 0 spiro atoms. The quantitative estimate of drug-likeness (QED) is 0.393. The summed E-state index contributed by atoms with van der Waals surface area (Å²) in [6, 6.07) is 1.25. The molecule has 192 valence electrons. The van der Waals surface area contributed by atoms with Gasteiger partial charge in [0.05, 0.1) is 5.56 Å². The van der Waals surface area contributed by atoms with Gasteiger partial charge in [-0.3, -0.25) is 19.3 Å². The Morgan fingerprint density at radius 2 is 1.97 bits per heavy atom. The third-order valence-electron chi connectivity index (χ3n) is 8.21. The number of hydrogen-bond acceptors (Lipinski definition) is 8. The van der Waals surface area contributed by atoms with Crippen molar-refractivity contribution in [1.29, 1.82) is 0 Å². The first-order valence-corrected chi connectivity index (χ1v) is 12.2. The number of aliphatic hydroxyl groups is 3. The molecule has 10 heteroatoms. The molecule has 1 heterocycles. The van der Waals surface area contributed by atoms with Gasteiger partial charge in [-0.1, -0.05) is 6.92 Å². The van der Waals surface area contributed by atoms with Crippen LogP contribution >= 0.6 is 0 Å². The Bertz CT molecular complexity index is 1270. The first kappa shape index (κ1) is 24.5. The molecule has 1 aliphatic heterocycles. The molecule has 9 nitrogen and oxygen atoms in total. The number of likely N-dealkylation sites (tertiary alicyclic amines) is 1. The Morgan fingerprint density at radius 3 is 2.64 bits per heavy atom. The van der Waals surface area contributed by atoms with Crippen molar-refractivity contribution in [2.24, 2.45) is 23.5 Å². The lowest BCUT2D eigenvalue weighted by Crippen LogP contribution is -2.58. The topological polar surface area (TPSA) is 161 Å². The first-order valence-electron chi connectivity index (χ1n) is 12.2. The molecule has 1 unspecified atom stereocenters. The molecule has 0 bridgehead atoms. The van der Waals surface area contributed by atoms with E-state index in [4.69, 9.17) is 5.73 Å². The summed E-state index contributed by atoms with van der Waals surface area (Å²) in [5.74, 6) is -7.31. The summed E-state index contributed by atoms with van der Waals surface area (Å²) in [6.45, 7) is 4.05. The molecule has 1 aromatic rings. The number of fused-ring (bicyclic) bond motifs is 3. The van der Waals surface area contributed by atoms with Crippen molar-refractivity contribution < 1.29 is 39.2 Å². The number of aliphatic hydroxyl groups excluding tert-OH is 2. The number of ketones is 2. The minimum Gasteiger partial charge on any atom is -0.508 e. The number of benzene rings is 1. The van der Waals surface area contributed by atoms with Crippen molar-refractivity contribution in [3.8, 4) is 5.75 Å². The molecule has 4 atom stereocenters. The Morgan fingerprint density at radius 1 is 1.25 bits per heavy atom. The molecular weight excluding hydrogens is 471 g/mol. The van der Waals surface area contributed by atoms with Gasteiger partial charge in [-0.25, -0.2) is 4.39 Å². The van der Waals surface area contributed by atoms with Crippen LogP contribution < -0.4 is 5.73 Å². The van der Waals surface area contributed by atoms with Crippen molar-refractivity contribution >= 4 is 23.2 Å². The maximum atomic E-state index is 15.7. The number of hydrogen-bond donors (Lipinski definition) is 5. The van der Waals surface area contributed by atoms with Crippen LogP contribution in [0.25, 0.3) is 5.76 Å². The van der Waals surface area contributed by atoms with Crippen LogP contribution in [-0.2, 0) is 27.3 Å². The van der Waals surface area contributed by atoms with Crippen LogP contribution in [0.3, 0.4) is 0 Å². The highest BCUT2D eigenvalue weighted by Gasteiger charge is 2.60. The number of Topliss-reactive ketones (excluding diaryl/α,β-unsaturated/α-hetero) is 2. The van der Waals surface area contributed by atoms with Crippen LogP contribution in [0.1, 0.15) is 49.3 Å². The van der Waals surface area contributed by atoms with Crippen LogP contribution in [0.15, 0.2) is 23.0 Å². The molecule has 36 heavy (non-hydrogen) atoms. The number of carbonyl (C=O) groups is 3. The van der Waals surface area contributed by atoms with Gasteiger partial charge in [0.1, 0.15) is 28.7 Å². The van der Waals surface area contributed by atoms with E-state index in [-0.39, 0.29) is 35.1 Å². The predicted molar refractivity (Wildman–Crippen MR) is 125 cm³/mol. The molecule has 0 radical (unpaired) electrons. The summed E-state index contributed by atoms with van der Waals surface area (Å²) >= 11 is 0. The molecule has 5 rings (SSSR count). The third-order valence-corrected chi connectivity index (χ3v) is 8.21. The molecular formula is C26H29FN2O7. The number of nitrogens with zero attached hydrogens (tertiary/aromatic N) is 1. The monoisotopic (exact) mass is 500 g/mol. The molecule has 1 saturated heterocycles. The zero-order chi connectivity index (χ0) is 26.1. The van der Waals surface area contributed by atoms with Crippen LogP contribution in [-0.4, -0.2) is 61.5 Å². The number of nitrogens with two attached hydrogens (primary N) is 1. The van der Waals surface area contributed by atoms with Crippen molar-refractivity contribution in [3.05, 3.63) is 45.5 Å². The van der Waals surface area contributed by atoms with E-state index in [1.807, 2.05) is 0 Å². The third kappa shape index (κ3) is 3.46. The van der Waals surface area contributed by atoms with Gasteiger partial charge in [-0.05, 0) is 50.1 Å². The zero-order valence-corrected chi connectivity index (χ0v) is 19.9. The van der Waals surface area contributed by atoms with Crippen molar-refractivity contribution in [2.45, 2.75) is 51.2 Å². The largest absolute Gasteiger partial charge is 0.508 e. The van der Waals surface area contributed by atoms with Crippen LogP contribution in [0.4, 0.5) is 4.39 Å². The highest BCUT2D eigenvalue weighted by molar-refractivity contribution is 6.22. The lowest BCUT2D eigenvalue weighted by Gasteiger charge is -2.46. The number of piperidine rings is 1. The lowest BCUT2D eigenvalue weighted by molar-refractivity contribution is -0.147. The second-order valence-corrected chi connectivity index (χ2v) is 10.6. The maximum absolute atomic E-state index is 15.7. The SMILES string of the molecule is C[C@@H]1CCCN(Cc2cc(O)c3c(c2F)CC2C[C@H]4CC(=O)C(C(N)=O)=C(O)[C@@]4(O)C(=O)C2=C3O)C1. The summed E-state index contributed by atoms with van der Waals surface area (Å²) in [5, 5.41) is 43.6. The second kappa shape index (κ2) is 8.41. The van der Waals surface area contributed by atoms with Gasteiger partial charge < -0.3 is 26.2 Å². The van der Waals surface area contributed by atoms with E-state index in [0.29, 0.717) is 12.5 Å². The highest BCUT2D eigenvalue weighted by atomic mass is 19.1. The van der Waals surface area contributed by atoms with Gasteiger partial charge >= 0.3 is 0 Å². The number of rotatable bonds is 3. The lowest BCUT2D eigenvalue weighted by atomic mass is 9.59. The normalized spacial score (nSPS) is 30.7. The van der Waals surface area contributed by atoms with Gasteiger partial charge in [0.2, 0.25) is 5.78 Å². The maximum Gasteiger partial charge on any atom is 0.255 e. The summed E-state index contributed by atoms with van der Waals surface area (Å²) in [5.41, 5.74) is 1.56. The molecule has 0 aromatic heterocycles. The van der Waals surface area contributed by atoms with Crippen molar-refractivity contribution in [3.63, 3.8) is 0 Å². The molecule has 1 aromatic carbocycles. The van der Waals surface area contributed by atoms with Gasteiger partial charge in [-0.2, -0.15) is 0 Å². The number of primary amides is 1. The fraction of sp³-hybridized carbons (Fsp3) is 0.500. The Kier molecular flexibility index (Phi) is 5.72. The predicted octanol–water partition coefficient (Wildman–Crippen LogP) is 1.79.